The van der Waals surface area contributed by atoms with Crippen LogP contribution >= 0.6 is 11.6 Å². The van der Waals surface area contributed by atoms with E-state index in [1.54, 1.807) is 0 Å². The first-order valence-corrected chi connectivity index (χ1v) is 8.86. The lowest BCUT2D eigenvalue weighted by Gasteiger charge is -2.11. The molecule has 6 heteroatoms. The van der Waals surface area contributed by atoms with Gasteiger partial charge in [-0.05, 0) is 50.2 Å². The van der Waals surface area contributed by atoms with E-state index in [0.29, 0.717) is 5.15 Å². The van der Waals surface area contributed by atoms with Crippen molar-refractivity contribution in [3.63, 3.8) is 0 Å². The van der Waals surface area contributed by atoms with E-state index in [4.69, 9.17) is 16.3 Å². The van der Waals surface area contributed by atoms with Crippen LogP contribution in [-0.4, -0.2) is 43.8 Å². The molecule has 0 atom stereocenters. The number of aliphatic imine (C=N–C) groups is 1. The largest absolute Gasteiger partial charge is 0.381 e. The van der Waals surface area contributed by atoms with E-state index in [2.05, 4.69) is 27.5 Å². The fourth-order valence-electron chi connectivity index (χ4n) is 2.11. The Balaban J connectivity index is 1.60. The average Bonchev–Trinajstić information content (AvgIpc) is 3.37. The van der Waals surface area contributed by atoms with E-state index in [0.717, 1.165) is 63.1 Å². The summed E-state index contributed by atoms with van der Waals surface area (Å²) in [4.78, 5) is 8.65. The topological polar surface area (TPSA) is 58.5 Å². The van der Waals surface area contributed by atoms with Crippen LogP contribution in [-0.2, 0) is 11.2 Å². The predicted octanol–water partition coefficient (Wildman–Crippen LogP) is 2.65. The summed E-state index contributed by atoms with van der Waals surface area (Å²) in [5, 5.41) is 7.13. The van der Waals surface area contributed by atoms with E-state index in [1.807, 2.05) is 18.3 Å². The zero-order chi connectivity index (χ0) is 16.3. The lowest BCUT2D eigenvalue weighted by Crippen LogP contribution is -2.38. The molecule has 0 bridgehead atoms. The molecule has 0 radical (unpaired) electrons. The number of hydrogen-bond donors (Lipinski definition) is 2. The van der Waals surface area contributed by atoms with Crippen molar-refractivity contribution in [1.82, 2.24) is 15.6 Å². The van der Waals surface area contributed by atoms with Gasteiger partial charge in [0.2, 0.25) is 0 Å². The Labute approximate surface area is 143 Å². The van der Waals surface area contributed by atoms with Crippen LogP contribution in [0.2, 0.25) is 5.15 Å². The van der Waals surface area contributed by atoms with Crippen molar-refractivity contribution in [3.05, 3.63) is 29.0 Å². The molecule has 0 amide bonds. The average molecular weight is 339 g/mol. The molecule has 5 nitrogen and oxygen atoms in total. The Morgan fingerprint density at radius 2 is 2.26 bits per heavy atom. The maximum absolute atomic E-state index is 5.79. The van der Waals surface area contributed by atoms with Gasteiger partial charge >= 0.3 is 0 Å². The number of nitrogens with one attached hydrogen (secondary N) is 2. The van der Waals surface area contributed by atoms with E-state index < -0.39 is 0 Å². The van der Waals surface area contributed by atoms with Crippen LogP contribution in [0.1, 0.15) is 31.7 Å². The number of nitrogens with zero attached hydrogens (tertiary/aromatic N) is 2. The third-order valence-electron chi connectivity index (χ3n) is 3.61. The molecule has 128 valence electrons. The van der Waals surface area contributed by atoms with E-state index in [9.17, 15) is 0 Å². The second-order valence-corrected chi connectivity index (χ2v) is 6.19. The smallest absolute Gasteiger partial charge is 0.191 e. The van der Waals surface area contributed by atoms with Crippen LogP contribution in [0.25, 0.3) is 0 Å². The van der Waals surface area contributed by atoms with Gasteiger partial charge in [-0.3, -0.25) is 4.99 Å². The molecule has 1 saturated carbocycles. The Morgan fingerprint density at radius 1 is 1.39 bits per heavy atom. The lowest BCUT2D eigenvalue weighted by molar-refractivity contribution is 0.123. The number of halogens is 1. The summed E-state index contributed by atoms with van der Waals surface area (Å²) < 4.78 is 5.62. The van der Waals surface area contributed by atoms with Gasteiger partial charge in [0.05, 0.1) is 0 Å². The molecule has 1 heterocycles. The van der Waals surface area contributed by atoms with Gasteiger partial charge in [0.15, 0.2) is 5.96 Å². The molecule has 0 saturated heterocycles. The normalized spacial score (nSPS) is 14.8. The lowest BCUT2D eigenvalue weighted by atomic mass is 10.2. The number of hydrogen-bond acceptors (Lipinski definition) is 3. The fourth-order valence-corrected chi connectivity index (χ4v) is 2.23. The zero-order valence-corrected chi connectivity index (χ0v) is 14.6. The molecule has 2 N–H and O–H groups in total. The first-order chi connectivity index (χ1) is 11.3. The number of aromatic nitrogens is 1. The van der Waals surface area contributed by atoms with Crippen LogP contribution in [0.15, 0.2) is 23.3 Å². The van der Waals surface area contributed by atoms with Crippen LogP contribution in [0, 0.1) is 5.92 Å². The summed E-state index contributed by atoms with van der Waals surface area (Å²) >= 11 is 5.79. The maximum atomic E-state index is 5.79. The summed E-state index contributed by atoms with van der Waals surface area (Å²) in [5.41, 5.74) is 1.16. The minimum absolute atomic E-state index is 0.528. The second-order valence-electron chi connectivity index (χ2n) is 5.80. The zero-order valence-electron chi connectivity index (χ0n) is 13.9. The molecule has 0 unspecified atom stereocenters. The number of rotatable bonds is 10. The van der Waals surface area contributed by atoms with Gasteiger partial charge in [-0.2, -0.15) is 0 Å². The number of guanidine groups is 1. The predicted molar refractivity (Wildman–Crippen MR) is 95.1 cm³/mol. The van der Waals surface area contributed by atoms with Crippen LogP contribution in [0.3, 0.4) is 0 Å². The molecule has 0 spiro atoms. The Morgan fingerprint density at radius 3 is 2.96 bits per heavy atom. The van der Waals surface area contributed by atoms with Gasteiger partial charge in [-0.25, -0.2) is 4.98 Å². The standard InChI is InChI=1S/C17H27ClN4O/c1-2-19-17(20-9-3-11-23-13-15-4-5-15)21-10-8-14-6-7-16(18)22-12-14/h6-7,12,15H,2-5,8-11,13H2,1H3,(H2,19,20,21). The Kier molecular flexibility index (Phi) is 8.18. The number of ether oxygens (including phenoxy) is 1. The van der Waals surface area contributed by atoms with Gasteiger partial charge in [-0.1, -0.05) is 17.7 Å². The van der Waals surface area contributed by atoms with Crippen molar-refractivity contribution in [2.45, 2.75) is 32.6 Å². The summed E-state index contributed by atoms with van der Waals surface area (Å²) in [7, 11) is 0. The molecule has 23 heavy (non-hydrogen) atoms. The van der Waals surface area contributed by atoms with Crippen molar-refractivity contribution >= 4 is 17.6 Å². The van der Waals surface area contributed by atoms with Crippen LogP contribution in [0.4, 0.5) is 0 Å². The Hall–Kier alpha value is -1.33. The van der Waals surface area contributed by atoms with Crippen molar-refractivity contribution in [2.24, 2.45) is 10.9 Å². The highest BCUT2D eigenvalue weighted by atomic mass is 35.5. The van der Waals surface area contributed by atoms with Gasteiger partial charge in [0.1, 0.15) is 5.15 Å². The van der Waals surface area contributed by atoms with Crippen molar-refractivity contribution in [1.29, 1.82) is 0 Å². The van der Waals surface area contributed by atoms with E-state index in [-0.39, 0.29) is 0 Å². The summed E-state index contributed by atoms with van der Waals surface area (Å²) in [6.07, 6.45) is 6.35. The highest BCUT2D eigenvalue weighted by Gasteiger charge is 2.20. The molecule has 1 aromatic heterocycles. The molecule has 1 aromatic rings. The van der Waals surface area contributed by atoms with Gasteiger partial charge < -0.3 is 15.4 Å². The monoisotopic (exact) mass is 338 g/mol. The molecule has 0 aromatic carbocycles. The number of pyridine rings is 1. The molecule has 1 fully saturated rings. The minimum Gasteiger partial charge on any atom is -0.381 e. The first kappa shape index (κ1) is 18.0. The third-order valence-corrected chi connectivity index (χ3v) is 3.83. The summed E-state index contributed by atoms with van der Waals surface area (Å²) in [6.45, 7) is 6.24. The highest BCUT2D eigenvalue weighted by molar-refractivity contribution is 6.29. The molecule has 0 aliphatic heterocycles. The third kappa shape index (κ3) is 8.18. The molecule has 2 rings (SSSR count). The van der Waals surface area contributed by atoms with Crippen LogP contribution < -0.4 is 10.6 Å². The molecule has 1 aliphatic carbocycles. The van der Waals surface area contributed by atoms with Crippen molar-refractivity contribution in [3.8, 4) is 0 Å². The fraction of sp³-hybridized carbons (Fsp3) is 0.647. The Bertz CT molecular complexity index is 474. The van der Waals surface area contributed by atoms with E-state index in [1.165, 1.54) is 12.8 Å². The van der Waals surface area contributed by atoms with E-state index >= 15 is 0 Å². The van der Waals surface area contributed by atoms with Crippen molar-refractivity contribution in [2.75, 3.05) is 32.8 Å². The molecular weight excluding hydrogens is 312 g/mol. The van der Waals surface area contributed by atoms with Crippen LogP contribution in [0.5, 0.6) is 0 Å². The highest BCUT2D eigenvalue weighted by Crippen LogP contribution is 2.28. The van der Waals surface area contributed by atoms with Gasteiger partial charge in [-0.15, -0.1) is 0 Å². The minimum atomic E-state index is 0.528. The first-order valence-electron chi connectivity index (χ1n) is 8.48. The van der Waals surface area contributed by atoms with Gasteiger partial charge in [0, 0.05) is 39.0 Å². The van der Waals surface area contributed by atoms with Gasteiger partial charge in [0.25, 0.3) is 0 Å². The SMILES string of the molecule is CCNC(=NCCCOCC1CC1)NCCc1ccc(Cl)nc1. The summed E-state index contributed by atoms with van der Waals surface area (Å²) in [5.74, 6) is 1.69. The maximum Gasteiger partial charge on any atom is 0.191 e. The molecular formula is C17H27ClN4O. The summed E-state index contributed by atoms with van der Waals surface area (Å²) in [6, 6.07) is 3.82. The molecule has 1 aliphatic rings. The quantitative estimate of drug-likeness (QED) is 0.298. The van der Waals surface area contributed by atoms with Crippen molar-refractivity contribution < 1.29 is 4.74 Å². The second kappa shape index (κ2) is 10.4.